The molecule has 0 spiro atoms. The Morgan fingerprint density at radius 1 is 1.12 bits per heavy atom. The number of thiazole rings is 1. The molecule has 11 heteroatoms. The lowest BCUT2D eigenvalue weighted by molar-refractivity contribution is 0.244. The van der Waals surface area contributed by atoms with E-state index < -0.39 is 9.84 Å². The molecule has 33 heavy (non-hydrogen) atoms. The average Bonchev–Trinajstić information content (AvgIpc) is 3.30. The maximum atomic E-state index is 12.9. The fourth-order valence-electron chi connectivity index (χ4n) is 3.70. The lowest BCUT2D eigenvalue weighted by Crippen LogP contribution is -2.35. The molecule has 0 unspecified atom stereocenters. The van der Waals surface area contributed by atoms with E-state index in [2.05, 4.69) is 29.8 Å². The second kappa shape index (κ2) is 8.58. The second-order valence-electron chi connectivity index (χ2n) is 7.84. The van der Waals surface area contributed by atoms with E-state index in [1.54, 1.807) is 42.9 Å². The van der Waals surface area contributed by atoms with Gasteiger partial charge in [0.1, 0.15) is 12.2 Å². The van der Waals surface area contributed by atoms with E-state index in [-0.39, 0.29) is 14.8 Å². The van der Waals surface area contributed by atoms with Gasteiger partial charge in [-0.05, 0) is 19.1 Å². The molecular weight excluding hydrogens is 460 g/mol. The highest BCUT2D eigenvalue weighted by molar-refractivity contribution is 7.93. The van der Waals surface area contributed by atoms with Crippen LogP contribution in [-0.2, 0) is 29.3 Å². The Morgan fingerprint density at radius 3 is 2.64 bits per heavy atom. The predicted molar refractivity (Wildman–Crippen MR) is 122 cm³/mol. The van der Waals surface area contributed by atoms with Crippen LogP contribution in [0.4, 0.5) is 0 Å². The molecule has 0 aliphatic carbocycles. The topological polar surface area (TPSA) is 122 Å². The van der Waals surface area contributed by atoms with Crippen LogP contribution in [0.5, 0.6) is 0 Å². The van der Waals surface area contributed by atoms with E-state index in [0.717, 1.165) is 27.5 Å². The van der Waals surface area contributed by atoms with E-state index in [0.29, 0.717) is 43.0 Å². The largest absolute Gasteiger partial charge is 0.306 e. The number of hydrogen-bond donors (Lipinski definition) is 1. The minimum atomic E-state index is -3.65. The van der Waals surface area contributed by atoms with Crippen LogP contribution in [0.2, 0.25) is 0 Å². The Bertz CT molecular complexity index is 1460. The summed E-state index contributed by atoms with van der Waals surface area (Å²) >= 11 is 1.16. The Kier molecular flexibility index (Phi) is 5.60. The van der Waals surface area contributed by atoms with E-state index in [1.807, 2.05) is 6.92 Å². The number of nitrogens with zero attached hydrogens (tertiary/aromatic N) is 5. The molecule has 1 aromatic carbocycles. The summed E-state index contributed by atoms with van der Waals surface area (Å²) < 4.78 is 25.8. The monoisotopic (exact) mass is 480 g/mol. The summed E-state index contributed by atoms with van der Waals surface area (Å²) in [5.41, 5.74) is 2.86. The Morgan fingerprint density at radius 2 is 1.88 bits per heavy atom. The number of aromatic amines is 1. The molecule has 1 aliphatic heterocycles. The first-order valence-corrected chi connectivity index (χ1v) is 12.6. The molecule has 3 aromatic heterocycles. The molecule has 168 valence electrons. The van der Waals surface area contributed by atoms with Crippen molar-refractivity contribution in [2.75, 3.05) is 6.54 Å². The first-order valence-electron chi connectivity index (χ1n) is 10.3. The van der Waals surface area contributed by atoms with Gasteiger partial charge in [0, 0.05) is 49.5 Å². The van der Waals surface area contributed by atoms with E-state index >= 15 is 0 Å². The van der Waals surface area contributed by atoms with Gasteiger partial charge in [0.15, 0.2) is 0 Å². The minimum absolute atomic E-state index is 0.0769. The van der Waals surface area contributed by atoms with Crippen LogP contribution in [0.1, 0.15) is 21.7 Å². The van der Waals surface area contributed by atoms with Gasteiger partial charge >= 0.3 is 0 Å². The molecule has 1 aliphatic rings. The Labute approximate surface area is 194 Å². The molecule has 0 radical (unpaired) electrons. The summed E-state index contributed by atoms with van der Waals surface area (Å²) in [7, 11) is -3.65. The minimum Gasteiger partial charge on any atom is -0.306 e. The van der Waals surface area contributed by atoms with Gasteiger partial charge in [-0.1, -0.05) is 17.7 Å². The number of rotatable bonds is 5. The normalized spacial score (nSPS) is 14.2. The average molecular weight is 481 g/mol. The van der Waals surface area contributed by atoms with E-state index in [4.69, 9.17) is 0 Å². The number of hydrogen-bond acceptors (Lipinski definition) is 9. The number of sulfone groups is 1. The summed E-state index contributed by atoms with van der Waals surface area (Å²) in [5, 5.41) is 0. The highest BCUT2D eigenvalue weighted by atomic mass is 32.2. The van der Waals surface area contributed by atoms with Crippen molar-refractivity contribution in [3.63, 3.8) is 0 Å². The molecule has 0 fully saturated rings. The van der Waals surface area contributed by atoms with Gasteiger partial charge in [-0.15, -0.1) is 11.3 Å². The molecule has 0 atom stereocenters. The van der Waals surface area contributed by atoms with Gasteiger partial charge in [0.2, 0.25) is 14.2 Å². The molecule has 0 bridgehead atoms. The lowest BCUT2D eigenvalue weighted by atomic mass is 10.1. The fourth-order valence-corrected chi connectivity index (χ4v) is 6.32. The highest BCUT2D eigenvalue weighted by Gasteiger charge is 2.25. The maximum Gasteiger partial charge on any atom is 0.255 e. The molecule has 4 heterocycles. The quantitative estimate of drug-likeness (QED) is 0.462. The van der Waals surface area contributed by atoms with Crippen molar-refractivity contribution in [2.24, 2.45) is 0 Å². The number of H-pyrrole nitrogens is 1. The van der Waals surface area contributed by atoms with Crippen molar-refractivity contribution >= 4 is 21.2 Å². The standard InChI is InChI=1S/C22H20N6O3S2/c1-14-2-4-17(5-3-14)33(30,31)22-25-10-16(32-22)11-28-7-6-19-18(12-28)21(29)27-20(26-19)15-8-23-13-24-9-15/h2-5,8-10,13H,6-7,11-12H2,1H3,(H,26,27,29). The third kappa shape index (κ3) is 4.34. The summed E-state index contributed by atoms with van der Waals surface area (Å²) in [6.07, 6.45) is 6.86. The third-order valence-corrected chi connectivity index (χ3v) is 8.60. The predicted octanol–water partition coefficient (Wildman–Crippen LogP) is 2.38. The second-order valence-corrected chi connectivity index (χ2v) is 11.1. The molecule has 9 nitrogen and oxygen atoms in total. The molecular formula is C22H20N6O3S2. The molecule has 0 saturated heterocycles. The molecule has 0 amide bonds. The molecule has 4 aromatic rings. The van der Waals surface area contributed by atoms with Crippen LogP contribution in [0.25, 0.3) is 11.4 Å². The van der Waals surface area contributed by atoms with Crippen LogP contribution in [0, 0.1) is 6.92 Å². The number of aromatic nitrogens is 5. The van der Waals surface area contributed by atoms with E-state index in [1.165, 1.54) is 6.33 Å². The van der Waals surface area contributed by atoms with Crippen molar-refractivity contribution in [2.45, 2.75) is 35.7 Å². The third-order valence-electron chi connectivity index (χ3n) is 5.45. The van der Waals surface area contributed by atoms with Crippen LogP contribution < -0.4 is 5.56 Å². The summed E-state index contributed by atoms with van der Waals surface area (Å²) in [6.45, 7) is 3.55. The summed E-state index contributed by atoms with van der Waals surface area (Å²) in [4.78, 5) is 35.4. The molecule has 1 N–H and O–H groups in total. The summed E-state index contributed by atoms with van der Waals surface area (Å²) in [5.74, 6) is 0.459. The first kappa shape index (κ1) is 21.6. The van der Waals surface area contributed by atoms with Crippen molar-refractivity contribution in [3.05, 3.63) is 81.2 Å². The van der Waals surface area contributed by atoms with Crippen molar-refractivity contribution < 1.29 is 8.42 Å². The highest BCUT2D eigenvalue weighted by Crippen LogP contribution is 2.27. The number of nitrogens with one attached hydrogen (secondary N) is 1. The zero-order chi connectivity index (χ0) is 23.0. The Balaban J connectivity index is 1.33. The number of aryl methyl sites for hydroxylation is 1. The summed E-state index contributed by atoms with van der Waals surface area (Å²) in [6, 6.07) is 6.74. The lowest BCUT2D eigenvalue weighted by Gasteiger charge is -2.27. The molecule has 0 saturated carbocycles. The van der Waals surface area contributed by atoms with Crippen LogP contribution >= 0.6 is 11.3 Å². The zero-order valence-corrected chi connectivity index (χ0v) is 19.4. The SMILES string of the molecule is Cc1ccc(S(=O)(=O)c2ncc(CN3CCc4nc(-c5cncnc5)[nH]c(=O)c4C3)s2)cc1. The number of benzene rings is 1. The molecule has 5 rings (SSSR count). The maximum absolute atomic E-state index is 12.9. The van der Waals surface area contributed by atoms with Crippen LogP contribution in [0.3, 0.4) is 0 Å². The van der Waals surface area contributed by atoms with Crippen LogP contribution in [-0.4, -0.2) is 44.8 Å². The van der Waals surface area contributed by atoms with Crippen LogP contribution in [0.15, 0.2) is 63.2 Å². The first-order chi connectivity index (χ1) is 15.9. The van der Waals surface area contributed by atoms with Gasteiger partial charge in [0.25, 0.3) is 5.56 Å². The van der Waals surface area contributed by atoms with Gasteiger partial charge in [-0.2, -0.15) is 0 Å². The van der Waals surface area contributed by atoms with Gasteiger partial charge in [0.05, 0.1) is 21.7 Å². The fraction of sp³-hybridized carbons (Fsp3) is 0.227. The Hall–Kier alpha value is -3.28. The smallest absolute Gasteiger partial charge is 0.255 e. The van der Waals surface area contributed by atoms with Gasteiger partial charge in [-0.25, -0.2) is 28.4 Å². The van der Waals surface area contributed by atoms with Crippen molar-refractivity contribution in [1.82, 2.24) is 29.8 Å². The van der Waals surface area contributed by atoms with Gasteiger partial charge in [-0.3, -0.25) is 9.69 Å². The van der Waals surface area contributed by atoms with Crippen molar-refractivity contribution in [1.29, 1.82) is 0 Å². The zero-order valence-electron chi connectivity index (χ0n) is 17.7. The van der Waals surface area contributed by atoms with Crippen molar-refractivity contribution in [3.8, 4) is 11.4 Å². The number of fused-ring (bicyclic) bond motifs is 1. The van der Waals surface area contributed by atoms with Gasteiger partial charge < -0.3 is 4.98 Å². The van der Waals surface area contributed by atoms with E-state index in [9.17, 15) is 13.2 Å².